The molecule has 0 fully saturated rings. The van der Waals surface area contributed by atoms with Gasteiger partial charge < -0.3 is 13.3 Å². The molecule has 0 amide bonds. The summed E-state index contributed by atoms with van der Waals surface area (Å²) in [4.78, 5) is 24.4. The Balaban J connectivity index is 1.10. The molecule has 0 atom stereocenters. The third-order valence-corrected chi connectivity index (χ3v) is 8.65. The first-order chi connectivity index (χ1) is 24.2. The first-order valence-corrected chi connectivity index (χ1v) is 15.8. The Labute approximate surface area is 278 Å². The average molecular weight is 634 g/mol. The molecule has 0 N–H and O–H groups in total. The van der Waals surface area contributed by atoms with Crippen LogP contribution in [0.1, 0.15) is 0 Å². The quantitative estimate of drug-likeness (QED) is 0.184. The minimum absolute atomic E-state index is 0.539. The van der Waals surface area contributed by atoms with E-state index in [0.717, 1.165) is 72.0 Å². The third kappa shape index (κ3) is 4.65. The smallest absolute Gasteiger partial charge is 0.227 e. The number of aromatic nitrogens is 5. The highest BCUT2D eigenvalue weighted by Crippen LogP contribution is 2.37. The molecule has 10 rings (SSSR count). The van der Waals surface area contributed by atoms with E-state index in [9.17, 15) is 0 Å². The molecule has 4 aromatic heterocycles. The molecule has 6 aromatic carbocycles. The van der Waals surface area contributed by atoms with Gasteiger partial charge in [-0.3, -0.25) is 0 Å². The van der Waals surface area contributed by atoms with Crippen molar-refractivity contribution in [1.29, 1.82) is 0 Å². The van der Waals surface area contributed by atoms with E-state index >= 15 is 0 Å². The second kappa shape index (κ2) is 10.8. The number of fused-ring (bicyclic) bond motifs is 5. The lowest BCUT2D eigenvalue weighted by Gasteiger charge is -2.10. The number of hydrogen-bond donors (Lipinski definition) is 0. The zero-order valence-corrected chi connectivity index (χ0v) is 25.7. The van der Waals surface area contributed by atoms with Crippen LogP contribution in [0.5, 0.6) is 0 Å². The molecule has 0 unspecified atom stereocenters. The van der Waals surface area contributed by atoms with Crippen molar-refractivity contribution in [3.8, 4) is 57.1 Å². The van der Waals surface area contributed by atoms with Gasteiger partial charge in [0.25, 0.3) is 0 Å². The van der Waals surface area contributed by atoms with Crippen LogP contribution in [0.15, 0.2) is 153 Å². The van der Waals surface area contributed by atoms with Crippen LogP contribution in [-0.2, 0) is 0 Å². The van der Waals surface area contributed by atoms with Gasteiger partial charge in [0.15, 0.2) is 28.6 Å². The highest BCUT2D eigenvalue weighted by Gasteiger charge is 2.18. The second-order valence-electron chi connectivity index (χ2n) is 11.7. The molecule has 230 valence electrons. The van der Waals surface area contributed by atoms with Gasteiger partial charge in [0.2, 0.25) is 11.8 Å². The fraction of sp³-hybridized carbons (Fsp3) is 0. The van der Waals surface area contributed by atoms with E-state index in [2.05, 4.69) is 16.0 Å². The maximum atomic E-state index is 6.20. The topological polar surface area (TPSA) is 104 Å². The second-order valence-corrected chi connectivity index (χ2v) is 11.7. The Kier molecular flexibility index (Phi) is 6.01. The first-order valence-electron chi connectivity index (χ1n) is 15.8. The molecule has 0 aliphatic heterocycles. The number of hydrogen-bond acceptors (Lipinski definition) is 8. The summed E-state index contributed by atoms with van der Waals surface area (Å²) in [5.41, 5.74) is 8.95. The molecular formula is C41H23N5O3. The molecule has 0 saturated heterocycles. The summed E-state index contributed by atoms with van der Waals surface area (Å²) in [6, 6.07) is 45.3. The zero-order chi connectivity index (χ0) is 32.3. The molecule has 0 spiro atoms. The predicted molar refractivity (Wildman–Crippen MR) is 189 cm³/mol. The van der Waals surface area contributed by atoms with Crippen LogP contribution in [0, 0.1) is 0 Å². The van der Waals surface area contributed by atoms with Crippen LogP contribution >= 0.6 is 0 Å². The molecule has 10 aromatic rings. The summed E-state index contributed by atoms with van der Waals surface area (Å²) in [6.07, 6.45) is 0. The summed E-state index contributed by atoms with van der Waals surface area (Å²) >= 11 is 0. The summed E-state index contributed by atoms with van der Waals surface area (Å²) in [5, 5.41) is 1.96. The van der Waals surface area contributed by atoms with Crippen molar-refractivity contribution in [2.45, 2.75) is 0 Å². The van der Waals surface area contributed by atoms with E-state index in [-0.39, 0.29) is 0 Å². The third-order valence-electron chi connectivity index (χ3n) is 8.65. The van der Waals surface area contributed by atoms with Gasteiger partial charge in [-0.25, -0.2) is 24.9 Å². The fourth-order valence-electron chi connectivity index (χ4n) is 6.23. The van der Waals surface area contributed by atoms with Crippen LogP contribution < -0.4 is 0 Å². The van der Waals surface area contributed by atoms with Gasteiger partial charge >= 0.3 is 0 Å². The molecule has 4 heterocycles. The summed E-state index contributed by atoms with van der Waals surface area (Å²) in [7, 11) is 0. The van der Waals surface area contributed by atoms with E-state index in [0.29, 0.717) is 29.3 Å². The van der Waals surface area contributed by atoms with E-state index in [1.807, 2.05) is 133 Å². The number of oxazole rings is 2. The van der Waals surface area contributed by atoms with Gasteiger partial charge in [0.05, 0.1) is 0 Å². The Morgan fingerprint density at radius 1 is 0.327 bits per heavy atom. The maximum absolute atomic E-state index is 6.20. The first kappa shape index (κ1) is 27.2. The zero-order valence-electron chi connectivity index (χ0n) is 25.7. The molecule has 0 saturated carbocycles. The van der Waals surface area contributed by atoms with E-state index in [1.165, 1.54) is 0 Å². The summed E-state index contributed by atoms with van der Waals surface area (Å²) in [5.74, 6) is 2.74. The predicted octanol–water partition coefficient (Wildman–Crippen LogP) is 10.4. The number of para-hydroxylation sites is 5. The normalized spacial score (nSPS) is 11.7. The van der Waals surface area contributed by atoms with Gasteiger partial charge in [-0.2, -0.15) is 0 Å². The number of nitrogens with zero attached hydrogens (tertiary/aromatic N) is 5. The SMILES string of the molecule is c1ccc2oc(-c3ccc(-c4nc(-c5ccc(-c6nc7ccccc7o6)cc5)nc(-c5cccc6oc7ccccc7c56)n4)cc3)nc2c1. The van der Waals surface area contributed by atoms with E-state index < -0.39 is 0 Å². The Hall–Kier alpha value is -6.93. The number of benzene rings is 6. The molecule has 8 heteroatoms. The van der Waals surface area contributed by atoms with Crippen LogP contribution in [-0.4, -0.2) is 24.9 Å². The van der Waals surface area contributed by atoms with Crippen LogP contribution in [0.2, 0.25) is 0 Å². The van der Waals surface area contributed by atoms with Gasteiger partial charge in [-0.05, 0) is 60.7 Å². The minimum Gasteiger partial charge on any atom is -0.456 e. The molecule has 0 radical (unpaired) electrons. The van der Waals surface area contributed by atoms with Crippen molar-refractivity contribution >= 4 is 44.1 Å². The Morgan fingerprint density at radius 3 is 1.37 bits per heavy atom. The Morgan fingerprint density at radius 2 is 0.796 bits per heavy atom. The molecule has 0 aliphatic rings. The van der Waals surface area contributed by atoms with Gasteiger partial charge in [-0.15, -0.1) is 0 Å². The lowest BCUT2D eigenvalue weighted by Crippen LogP contribution is -2.00. The average Bonchev–Trinajstić information content (AvgIpc) is 3.90. The summed E-state index contributed by atoms with van der Waals surface area (Å²) in [6.45, 7) is 0. The van der Waals surface area contributed by atoms with Crippen LogP contribution in [0.3, 0.4) is 0 Å². The van der Waals surface area contributed by atoms with Crippen molar-refractivity contribution in [2.75, 3.05) is 0 Å². The minimum atomic E-state index is 0.539. The largest absolute Gasteiger partial charge is 0.456 e. The van der Waals surface area contributed by atoms with Crippen molar-refractivity contribution in [1.82, 2.24) is 24.9 Å². The lowest BCUT2D eigenvalue weighted by molar-refractivity contribution is 0.619. The molecule has 0 aliphatic carbocycles. The maximum Gasteiger partial charge on any atom is 0.227 e. The van der Waals surface area contributed by atoms with Gasteiger partial charge in [0, 0.05) is 38.6 Å². The van der Waals surface area contributed by atoms with Crippen LogP contribution in [0.25, 0.3) is 101 Å². The molecule has 49 heavy (non-hydrogen) atoms. The number of rotatable bonds is 5. The lowest BCUT2D eigenvalue weighted by atomic mass is 10.1. The van der Waals surface area contributed by atoms with Crippen molar-refractivity contribution in [3.05, 3.63) is 140 Å². The standard InChI is InChI=1S/C41H23N5O3/c1-4-12-32-28(8-1)36-29(9-7-15-35(36)47-32)39-45-37(24-16-20-26(21-17-24)40-42-30-10-2-5-13-33(30)48-40)44-38(46-39)25-18-22-27(23-19-25)41-43-31-11-3-6-14-34(31)49-41/h1-23H. The van der Waals surface area contributed by atoms with Gasteiger partial charge in [-0.1, -0.05) is 78.9 Å². The van der Waals surface area contributed by atoms with E-state index in [4.69, 9.17) is 28.2 Å². The Bertz CT molecular complexity index is 2630. The van der Waals surface area contributed by atoms with Crippen LogP contribution in [0.4, 0.5) is 0 Å². The highest BCUT2D eigenvalue weighted by atomic mass is 16.4. The van der Waals surface area contributed by atoms with Crippen molar-refractivity contribution < 1.29 is 13.3 Å². The molecular weight excluding hydrogens is 610 g/mol. The van der Waals surface area contributed by atoms with Crippen molar-refractivity contribution in [3.63, 3.8) is 0 Å². The number of furan rings is 1. The monoisotopic (exact) mass is 633 g/mol. The van der Waals surface area contributed by atoms with E-state index in [1.54, 1.807) is 0 Å². The van der Waals surface area contributed by atoms with Crippen molar-refractivity contribution in [2.24, 2.45) is 0 Å². The summed E-state index contributed by atoms with van der Waals surface area (Å²) < 4.78 is 18.2. The highest BCUT2D eigenvalue weighted by molar-refractivity contribution is 6.11. The molecule has 8 nitrogen and oxygen atoms in total. The van der Waals surface area contributed by atoms with Gasteiger partial charge in [0.1, 0.15) is 22.2 Å². The molecule has 0 bridgehead atoms. The fourth-order valence-corrected chi connectivity index (χ4v) is 6.23.